The van der Waals surface area contributed by atoms with E-state index >= 15 is 0 Å². The molecule has 0 aromatic carbocycles. The maximum atomic E-state index is 10.8. The lowest BCUT2D eigenvalue weighted by Gasteiger charge is -2.26. The Kier molecular flexibility index (Phi) is 1.98. The fourth-order valence-electron chi connectivity index (χ4n) is 0.613. The predicted octanol–water partition coefficient (Wildman–Crippen LogP) is -0.603. The average Bonchev–Trinajstić information content (AvgIpc) is 1.81. The molecule has 0 aromatic rings. The van der Waals surface area contributed by atoms with Crippen LogP contribution in [-0.2, 0) is 14.8 Å². The van der Waals surface area contributed by atoms with Gasteiger partial charge in [-0.15, -0.1) is 11.6 Å². The summed E-state index contributed by atoms with van der Waals surface area (Å²) in [6.45, 7) is -0.00981. The first-order valence-corrected chi connectivity index (χ1v) is 4.76. The van der Waals surface area contributed by atoms with Gasteiger partial charge < -0.3 is 0 Å². The van der Waals surface area contributed by atoms with Gasteiger partial charge in [0.1, 0.15) is 5.21 Å². The number of Topliss-reactive ketones (excluding diaryl/α,β-unsaturated/α-hetero) is 1. The molecule has 0 amide bonds. The molecule has 0 atom stereocenters. The number of carbonyl (C=O) groups is 1. The van der Waals surface area contributed by atoms with Crippen molar-refractivity contribution in [1.29, 1.82) is 0 Å². The Morgan fingerprint density at radius 2 is 2.00 bits per heavy atom. The highest BCUT2D eigenvalue weighted by molar-refractivity contribution is 7.90. The monoisotopic (exact) mass is 183 g/mol. The average molecular weight is 184 g/mol. The molecule has 58 valence electrons. The third-order valence-electron chi connectivity index (χ3n) is 1.24. The van der Waals surface area contributed by atoms with E-state index in [1.54, 1.807) is 0 Å². The van der Waals surface area contributed by atoms with Crippen LogP contribution in [0.15, 0.2) is 0 Å². The molecule has 1 heterocycles. The standard InChI is InChI=1S/C4H6ClNO3S/c5-3-10(8,9)6-1-4(7)2-6/h1-3H2. The number of hydrogen-bond donors (Lipinski definition) is 0. The van der Waals surface area contributed by atoms with Gasteiger partial charge in [-0.25, -0.2) is 8.42 Å². The Balaban J connectivity index is 2.61. The highest BCUT2D eigenvalue weighted by atomic mass is 35.5. The Morgan fingerprint density at radius 3 is 2.30 bits per heavy atom. The third-order valence-corrected chi connectivity index (χ3v) is 3.38. The zero-order chi connectivity index (χ0) is 7.78. The van der Waals surface area contributed by atoms with Gasteiger partial charge in [0.25, 0.3) is 0 Å². The lowest BCUT2D eigenvalue weighted by atomic mass is 10.3. The van der Waals surface area contributed by atoms with Crippen molar-refractivity contribution in [2.75, 3.05) is 18.3 Å². The Bertz CT molecular complexity index is 239. The van der Waals surface area contributed by atoms with Crippen LogP contribution in [0.4, 0.5) is 0 Å². The molecule has 0 unspecified atom stereocenters. The van der Waals surface area contributed by atoms with Crippen LogP contribution in [0, 0.1) is 0 Å². The van der Waals surface area contributed by atoms with Gasteiger partial charge in [-0.3, -0.25) is 4.79 Å². The highest BCUT2D eigenvalue weighted by Crippen LogP contribution is 2.10. The minimum Gasteiger partial charge on any atom is -0.297 e. The summed E-state index contributed by atoms with van der Waals surface area (Å²) in [4.78, 5) is 10.3. The number of rotatable bonds is 2. The van der Waals surface area contributed by atoms with Crippen LogP contribution in [0.1, 0.15) is 0 Å². The van der Waals surface area contributed by atoms with Crippen LogP contribution in [0.3, 0.4) is 0 Å². The number of sulfonamides is 1. The number of nitrogens with zero attached hydrogens (tertiary/aromatic N) is 1. The van der Waals surface area contributed by atoms with Crippen molar-refractivity contribution in [3.63, 3.8) is 0 Å². The topological polar surface area (TPSA) is 54.5 Å². The summed E-state index contributed by atoms with van der Waals surface area (Å²) >= 11 is 5.11. The largest absolute Gasteiger partial charge is 0.297 e. The Hall–Kier alpha value is -0.130. The molecule has 1 aliphatic rings. The molecule has 0 bridgehead atoms. The van der Waals surface area contributed by atoms with Gasteiger partial charge in [-0.1, -0.05) is 0 Å². The lowest BCUT2D eigenvalue weighted by molar-refractivity contribution is -0.125. The van der Waals surface area contributed by atoms with Crippen molar-refractivity contribution < 1.29 is 13.2 Å². The zero-order valence-corrected chi connectivity index (χ0v) is 6.65. The van der Waals surface area contributed by atoms with Crippen molar-refractivity contribution in [3.8, 4) is 0 Å². The highest BCUT2D eigenvalue weighted by Gasteiger charge is 2.33. The van der Waals surface area contributed by atoms with Crippen molar-refractivity contribution in [2.24, 2.45) is 0 Å². The second-order valence-electron chi connectivity index (χ2n) is 2.03. The number of ketones is 1. The van der Waals surface area contributed by atoms with E-state index in [2.05, 4.69) is 0 Å². The molecule has 0 aliphatic carbocycles. The summed E-state index contributed by atoms with van der Waals surface area (Å²) in [6.07, 6.45) is 0. The van der Waals surface area contributed by atoms with Crippen molar-refractivity contribution in [1.82, 2.24) is 4.31 Å². The fourth-order valence-corrected chi connectivity index (χ4v) is 1.85. The number of alkyl halides is 1. The molecule has 1 aliphatic heterocycles. The molecule has 0 saturated carbocycles. The van der Waals surface area contributed by atoms with Crippen LogP contribution < -0.4 is 0 Å². The van der Waals surface area contributed by atoms with Gasteiger partial charge in [0, 0.05) is 0 Å². The summed E-state index contributed by atoms with van der Waals surface area (Å²) < 4.78 is 22.6. The zero-order valence-electron chi connectivity index (χ0n) is 5.08. The van der Waals surface area contributed by atoms with Gasteiger partial charge in [0.15, 0.2) is 5.78 Å². The molecule has 0 radical (unpaired) electrons. The summed E-state index contributed by atoms with van der Waals surface area (Å²) in [7, 11) is -3.32. The van der Waals surface area contributed by atoms with E-state index in [0.717, 1.165) is 4.31 Å². The summed E-state index contributed by atoms with van der Waals surface area (Å²) in [5, 5.41) is -0.444. The Morgan fingerprint density at radius 1 is 1.50 bits per heavy atom. The molecule has 1 rings (SSSR count). The van der Waals surface area contributed by atoms with Gasteiger partial charge in [-0.05, 0) is 0 Å². The van der Waals surface area contributed by atoms with E-state index in [9.17, 15) is 13.2 Å². The number of hydrogen-bond acceptors (Lipinski definition) is 3. The molecule has 0 N–H and O–H groups in total. The first-order chi connectivity index (χ1) is 4.56. The fraction of sp³-hybridized carbons (Fsp3) is 0.750. The minimum atomic E-state index is -3.32. The van der Waals surface area contributed by atoms with Crippen LogP contribution in [0.2, 0.25) is 0 Å². The van der Waals surface area contributed by atoms with E-state index < -0.39 is 15.2 Å². The summed E-state index contributed by atoms with van der Waals surface area (Å²) in [5.74, 6) is -0.0614. The number of halogens is 1. The van der Waals surface area contributed by atoms with E-state index in [0.29, 0.717) is 0 Å². The summed E-state index contributed by atoms with van der Waals surface area (Å²) in [6, 6.07) is 0. The summed E-state index contributed by atoms with van der Waals surface area (Å²) in [5.41, 5.74) is 0. The molecule has 6 heteroatoms. The van der Waals surface area contributed by atoms with E-state index in [-0.39, 0.29) is 18.9 Å². The first-order valence-electron chi connectivity index (χ1n) is 2.62. The van der Waals surface area contributed by atoms with Crippen LogP contribution in [0.25, 0.3) is 0 Å². The van der Waals surface area contributed by atoms with Crippen molar-refractivity contribution in [3.05, 3.63) is 0 Å². The molecule has 4 nitrogen and oxygen atoms in total. The van der Waals surface area contributed by atoms with Crippen LogP contribution >= 0.6 is 11.6 Å². The molecule has 1 saturated heterocycles. The SMILES string of the molecule is O=C1CN(S(=O)(=O)CCl)C1. The first kappa shape index (κ1) is 7.97. The molecular weight excluding hydrogens is 178 g/mol. The number of carbonyl (C=O) groups excluding carboxylic acids is 1. The second kappa shape index (κ2) is 2.48. The van der Waals surface area contributed by atoms with E-state index in [4.69, 9.17) is 11.6 Å². The molecule has 10 heavy (non-hydrogen) atoms. The molecule has 1 fully saturated rings. The van der Waals surface area contributed by atoms with Gasteiger partial charge in [0.2, 0.25) is 10.0 Å². The van der Waals surface area contributed by atoms with Gasteiger partial charge in [0.05, 0.1) is 13.1 Å². The maximum Gasteiger partial charge on any atom is 0.228 e. The van der Waals surface area contributed by atoms with E-state index in [1.807, 2.05) is 0 Å². The van der Waals surface area contributed by atoms with Crippen molar-refractivity contribution in [2.45, 2.75) is 0 Å². The molecule has 0 spiro atoms. The maximum absolute atomic E-state index is 10.8. The smallest absolute Gasteiger partial charge is 0.228 e. The van der Waals surface area contributed by atoms with Crippen molar-refractivity contribution >= 4 is 27.4 Å². The van der Waals surface area contributed by atoms with Gasteiger partial charge in [-0.2, -0.15) is 4.31 Å². The molecular formula is C4H6ClNO3S. The minimum absolute atomic E-state index is 0.00491. The predicted molar refractivity (Wildman–Crippen MR) is 36.2 cm³/mol. The van der Waals surface area contributed by atoms with Crippen LogP contribution in [-0.4, -0.2) is 36.8 Å². The lowest BCUT2D eigenvalue weighted by Crippen LogP contribution is -2.50. The van der Waals surface area contributed by atoms with Crippen LogP contribution in [0.5, 0.6) is 0 Å². The van der Waals surface area contributed by atoms with Gasteiger partial charge >= 0.3 is 0 Å². The molecule has 0 aromatic heterocycles. The Labute approximate surface area is 63.8 Å². The second-order valence-corrected chi connectivity index (χ2v) is 4.58. The quantitative estimate of drug-likeness (QED) is 0.537. The third kappa shape index (κ3) is 1.31. The normalized spacial score (nSPS) is 20.7. The van der Waals surface area contributed by atoms with E-state index in [1.165, 1.54) is 0 Å².